The van der Waals surface area contributed by atoms with Gasteiger partial charge in [-0.3, -0.25) is 4.79 Å². The van der Waals surface area contributed by atoms with Gasteiger partial charge >= 0.3 is 0 Å². The highest BCUT2D eigenvalue weighted by Crippen LogP contribution is 2.54. The Morgan fingerprint density at radius 1 is 1.37 bits per heavy atom. The van der Waals surface area contributed by atoms with E-state index in [2.05, 4.69) is 12.1 Å². The molecular weight excluding hydrogens is 240 g/mol. The van der Waals surface area contributed by atoms with E-state index >= 15 is 0 Å². The highest BCUT2D eigenvalue weighted by molar-refractivity contribution is 5.91. The van der Waals surface area contributed by atoms with E-state index < -0.39 is 11.5 Å². The number of ether oxygens (including phenoxy) is 1. The molecule has 0 aromatic heterocycles. The van der Waals surface area contributed by atoms with Gasteiger partial charge in [-0.05, 0) is 54.9 Å². The van der Waals surface area contributed by atoms with Crippen LogP contribution in [0.2, 0.25) is 0 Å². The maximum atomic E-state index is 12.4. The lowest BCUT2D eigenvalue weighted by atomic mass is 9.66. The third-order valence-electron chi connectivity index (χ3n) is 4.95. The molecular formula is C16H20O3. The Balaban J connectivity index is 2.10. The molecule has 2 aliphatic carbocycles. The molecule has 3 atom stereocenters. The minimum atomic E-state index is -0.779. The molecule has 0 aliphatic heterocycles. The van der Waals surface area contributed by atoms with E-state index in [4.69, 9.17) is 4.74 Å². The predicted molar refractivity (Wildman–Crippen MR) is 72.5 cm³/mol. The van der Waals surface area contributed by atoms with Crippen molar-refractivity contribution in [2.24, 2.45) is 5.41 Å². The molecule has 3 nitrogen and oxygen atoms in total. The Kier molecular flexibility index (Phi) is 2.72. The molecule has 1 N–H and O–H groups in total. The molecule has 1 aromatic carbocycles. The molecule has 3 unspecified atom stereocenters. The molecule has 3 rings (SSSR count). The van der Waals surface area contributed by atoms with E-state index in [1.54, 1.807) is 7.11 Å². The van der Waals surface area contributed by atoms with Crippen LogP contribution in [-0.2, 0) is 11.2 Å². The number of methoxy groups -OCH3 is 1. The fraction of sp³-hybridized carbons (Fsp3) is 0.562. The van der Waals surface area contributed by atoms with Gasteiger partial charge < -0.3 is 9.84 Å². The van der Waals surface area contributed by atoms with Crippen LogP contribution in [0.4, 0.5) is 0 Å². The van der Waals surface area contributed by atoms with Gasteiger partial charge in [0.15, 0.2) is 5.78 Å². The van der Waals surface area contributed by atoms with Crippen LogP contribution in [0.15, 0.2) is 12.1 Å². The van der Waals surface area contributed by atoms with E-state index in [-0.39, 0.29) is 11.7 Å². The molecule has 19 heavy (non-hydrogen) atoms. The van der Waals surface area contributed by atoms with Gasteiger partial charge in [-0.25, -0.2) is 0 Å². The highest BCUT2D eigenvalue weighted by atomic mass is 16.5. The summed E-state index contributed by atoms with van der Waals surface area (Å²) >= 11 is 0. The SMILES string of the molecule is COc1cc2c(cc1C)CC1(C)C(=O)C(O)CCC21. The molecule has 0 radical (unpaired) electrons. The Morgan fingerprint density at radius 2 is 2.11 bits per heavy atom. The Labute approximate surface area is 113 Å². The smallest absolute Gasteiger partial charge is 0.168 e. The zero-order chi connectivity index (χ0) is 13.8. The van der Waals surface area contributed by atoms with Crippen molar-refractivity contribution in [2.45, 2.75) is 45.1 Å². The second-order valence-electron chi connectivity index (χ2n) is 6.12. The number of ketones is 1. The first kappa shape index (κ1) is 12.7. The van der Waals surface area contributed by atoms with E-state index in [1.165, 1.54) is 11.1 Å². The van der Waals surface area contributed by atoms with Crippen LogP contribution in [0, 0.1) is 12.3 Å². The summed E-state index contributed by atoms with van der Waals surface area (Å²) in [6.45, 7) is 4.03. The van der Waals surface area contributed by atoms with Crippen LogP contribution < -0.4 is 4.74 Å². The number of carbonyl (C=O) groups is 1. The maximum absolute atomic E-state index is 12.4. The maximum Gasteiger partial charge on any atom is 0.168 e. The normalized spacial score (nSPS) is 32.9. The van der Waals surface area contributed by atoms with Crippen LogP contribution in [0.25, 0.3) is 0 Å². The molecule has 3 heteroatoms. The number of hydrogen-bond donors (Lipinski definition) is 1. The van der Waals surface area contributed by atoms with Crippen molar-refractivity contribution in [3.8, 4) is 5.75 Å². The van der Waals surface area contributed by atoms with Crippen LogP contribution >= 0.6 is 0 Å². The topological polar surface area (TPSA) is 46.5 Å². The van der Waals surface area contributed by atoms with Crippen molar-refractivity contribution in [3.05, 3.63) is 28.8 Å². The fourth-order valence-corrected chi connectivity index (χ4v) is 3.89. The number of aliphatic hydroxyl groups is 1. The molecule has 0 heterocycles. The lowest BCUT2D eigenvalue weighted by molar-refractivity contribution is -0.141. The molecule has 2 aliphatic rings. The van der Waals surface area contributed by atoms with Gasteiger partial charge in [0.05, 0.1) is 7.11 Å². The number of hydrogen-bond acceptors (Lipinski definition) is 3. The summed E-state index contributed by atoms with van der Waals surface area (Å²) in [5.74, 6) is 1.13. The third kappa shape index (κ3) is 1.64. The number of benzene rings is 1. The van der Waals surface area contributed by atoms with Crippen molar-refractivity contribution in [1.29, 1.82) is 0 Å². The lowest BCUT2D eigenvalue weighted by Crippen LogP contribution is -2.44. The minimum absolute atomic E-state index is 0.0107. The van der Waals surface area contributed by atoms with Gasteiger partial charge in [0.25, 0.3) is 0 Å². The average Bonchev–Trinajstić information content (AvgIpc) is 2.66. The van der Waals surface area contributed by atoms with E-state index in [0.717, 1.165) is 24.2 Å². The molecule has 102 valence electrons. The molecule has 0 spiro atoms. The summed E-state index contributed by atoms with van der Waals surface area (Å²) < 4.78 is 5.40. The minimum Gasteiger partial charge on any atom is -0.496 e. The largest absolute Gasteiger partial charge is 0.496 e. The van der Waals surface area contributed by atoms with Crippen molar-refractivity contribution in [3.63, 3.8) is 0 Å². The fourth-order valence-electron chi connectivity index (χ4n) is 3.89. The number of carbonyl (C=O) groups excluding carboxylic acids is 1. The molecule has 1 fully saturated rings. The third-order valence-corrected chi connectivity index (χ3v) is 4.95. The van der Waals surface area contributed by atoms with Gasteiger partial charge in [-0.2, -0.15) is 0 Å². The lowest BCUT2D eigenvalue weighted by Gasteiger charge is -2.37. The molecule has 1 aromatic rings. The zero-order valence-electron chi connectivity index (χ0n) is 11.7. The predicted octanol–water partition coefficient (Wildman–Crippen LogP) is 2.37. The number of Topliss-reactive ketones (excluding diaryl/α,β-unsaturated/α-hetero) is 1. The van der Waals surface area contributed by atoms with Gasteiger partial charge in [-0.1, -0.05) is 13.0 Å². The Morgan fingerprint density at radius 3 is 2.79 bits per heavy atom. The van der Waals surface area contributed by atoms with Crippen molar-refractivity contribution in [2.75, 3.05) is 7.11 Å². The van der Waals surface area contributed by atoms with Gasteiger partial charge in [-0.15, -0.1) is 0 Å². The van der Waals surface area contributed by atoms with Gasteiger partial charge in [0.2, 0.25) is 0 Å². The summed E-state index contributed by atoms with van der Waals surface area (Å²) in [6.07, 6.45) is 1.42. The number of aliphatic hydroxyl groups excluding tert-OH is 1. The van der Waals surface area contributed by atoms with Crippen LogP contribution in [0.3, 0.4) is 0 Å². The molecule has 0 bridgehead atoms. The quantitative estimate of drug-likeness (QED) is 0.843. The number of rotatable bonds is 1. The van der Waals surface area contributed by atoms with E-state index in [1.807, 2.05) is 13.8 Å². The van der Waals surface area contributed by atoms with Crippen LogP contribution in [-0.4, -0.2) is 24.1 Å². The summed E-state index contributed by atoms with van der Waals surface area (Å²) in [5.41, 5.74) is 3.16. The summed E-state index contributed by atoms with van der Waals surface area (Å²) in [7, 11) is 1.68. The Hall–Kier alpha value is -1.35. The monoisotopic (exact) mass is 260 g/mol. The zero-order valence-corrected chi connectivity index (χ0v) is 11.7. The molecule has 0 saturated heterocycles. The van der Waals surface area contributed by atoms with Crippen molar-refractivity contribution in [1.82, 2.24) is 0 Å². The second-order valence-corrected chi connectivity index (χ2v) is 6.12. The summed E-state index contributed by atoms with van der Waals surface area (Å²) in [4.78, 5) is 12.4. The first-order valence-electron chi connectivity index (χ1n) is 6.87. The average molecular weight is 260 g/mol. The van der Waals surface area contributed by atoms with E-state index in [0.29, 0.717) is 6.42 Å². The van der Waals surface area contributed by atoms with Crippen LogP contribution in [0.1, 0.15) is 42.4 Å². The Bertz CT molecular complexity index is 549. The number of aryl methyl sites for hydroxylation is 1. The number of fused-ring (bicyclic) bond motifs is 3. The highest BCUT2D eigenvalue weighted by Gasteiger charge is 2.52. The van der Waals surface area contributed by atoms with Crippen molar-refractivity contribution < 1.29 is 14.6 Å². The first-order chi connectivity index (χ1) is 8.97. The standard InChI is InChI=1S/C16H20O3/c1-9-6-10-8-16(2)12(4-5-13(17)15(16)18)11(10)7-14(9)19-3/h6-7,12-13,17H,4-5,8H2,1-3H3. The molecule has 0 amide bonds. The van der Waals surface area contributed by atoms with Crippen LogP contribution in [0.5, 0.6) is 5.75 Å². The van der Waals surface area contributed by atoms with Crippen molar-refractivity contribution >= 4 is 5.78 Å². The summed E-state index contributed by atoms with van der Waals surface area (Å²) in [5, 5.41) is 9.85. The molecule has 1 saturated carbocycles. The van der Waals surface area contributed by atoms with E-state index in [9.17, 15) is 9.90 Å². The summed E-state index contributed by atoms with van der Waals surface area (Å²) in [6, 6.07) is 4.23. The van der Waals surface area contributed by atoms with Gasteiger partial charge in [0, 0.05) is 5.41 Å². The first-order valence-corrected chi connectivity index (χ1v) is 6.87. The van der Waals surface area contributed by atoms with Gasteiger partial charge in [0.1, 0.15) is 11.9 Å². The second kappa shape index (κ2) is 4.07.